The van der Waals surface area contributed by atoms with Gasteiger partial charge in [-0.15, -0.1) is 22.7 Å². The molecule has 0 N–H and O–H groups in total. The largest absolute Gasteiger partial charge is 0.461 e. The number of pyridine rings is 2. The van der Waals surface area contributed by atoms with Gasteiger partial charge in [0.25, 0.3) is 0 Å². The van der Waals surface area contributed by atoms with Crippen molar-refractivity contribution < 1.29 is 22.8 Å². The maximum atomic E-state index is 13.3. The third-order valence-electron chi connectivity index (χ3n) is 7.89. The first-order valence-electron chi connectivity index (χ1n) is 15.7. The zero-order valence-electron chi connectivity index (χ0n) is 26.7. The lowest BCUT2D eigenvalue weighted by atomic mass is 10.0. The van der Waals surface area contributed by atoms with Crippen molar-refractivity contribution in [2.45, 2.75) is 0 Å². The minimum atomic E-state index is -0.294. The monoisotopic (exact) mass is 708 g/mol. The number of aromatic nitrogens is 2. The van der Waals surface area contributed by atoms with Crippen molar-refractivity contribution >= 4 is 34.2 Å². The second-order valence-electron chi connectivity index (χ2n) is 11.2. The number of furan rings is 1. The smallest absolute Gasteiger partial charge is 0.238 e. The molecule has 0 amide bonds. The quantitative estimate of drug-likeness (QED) is 0.147. The average Bonchev–Trinajstić information content (AvgIpc) is 3.98. The van der Waals surface area contributed by atoms with E-state index in [9.17, 15) is 18.4 Å². The van der Waals surface area contributed by atoms with Crippen molar-refractivity contribution in [2.24, 2.45) is 0 Å². The van der Waals surface area contributed by atoms with Crippen LogP contribution < -0.4 is 0 Å². The zero-order chi connectivity index (χ0) is 35.2. The Morgan fingerprint density at radius 3 is 1.43 bits per heavy atom. The van der Waals surface area contributed by atoms with Gasteiger partial charge in [0.2, 0.25) is 11.6 Å². The standard InChI is InChI=1S/C22H14FNOS.C20H12FNO2S/c23-18-8-6-17(7-9-18)22-19(15-10-12-24-13-11-15)14-20(26-22)21(25)16-4-2-1-3-5-16;21-15-5-3-14(4-6-15)20-16(13-7-9-22-10-8-13)12-18(25-20)19(23)17-2-1-11-24-17/h1-14H;1-12H. The minimum absolute atomic E-state index is 0.0146. The molecule has 51 heavy (non-hydrogen) atoms. The predicted molar refractivity (Wildman–Crippen MR) is 198 cm³/mol. The van der Waals surface area contributed by atoms with E-state index < -0.39 is 0 Å². The summed E-state index contributed by atoms with van der Waals surface area (Å²) in [5, 5.41) is 0. The number of rotatable bonds is 8. The van der Waals surface area contributed by atoms with Crippen LogP contribution in [0.3, 0.4) is 0 Å². The molecule has 0 bridgehead atoms. The summed E-state index contributed by atoms with van der Waals surface area (Å²) in [6.07, 6.45) is 8.33. The molecule has 0 aliphatic carbocycles. The highest BCUT2D eigenvalue weighted by Crippen LogP contribution is 2.41. The number of halogens is 2. The van der Waals surface area contributed by atoms with Gasteiger partial charge in [0, 0.05) is 51.2 Å². The van der Waals surface area contributed by atoms with Crippen LogP contribution in [0.5, 0.6) is 0 Å². The molecule has 9 heteroatoms. The van der Waals surface area contributed by atoms with Gasteiger partial charge in [-0.1, -0.05) is 54.6 Å². The molecule has 0 atom stereocenters. The summed E-state index contributed by atoms with van der Waals surface area (Å²) < 4.78 is 31.8. The number of nitrogens with zero attached hydrogens (tertiary/aromatic N) is 2. The van der Waals surface area contributed by atoms with Crippen LogP contribution in [0.1, 0.15) is 30.7 Å². The Balaban J connectivity index is 0.000000159. The van der Waals surface area contributed by atoms with Gasteiger partial charge in [-0.05, 0) is 95.1 Å². The molecule has 0 spiro atoms. The van der Waals surface area contributed by atoms with Crippen molar-refractivity contribution in [1.82, 2.24) is 9.97 Å². The number of ketones is 2. The summed E-state index contributed by atoms with van der Waals surface area (Å²) in [7, 11) is 0. The fourth-order valence-corrected chi connectivity index (χ4v) is 7.67. The molecule has 0 fully saturated rings. The fraction of sp³-hybridized carbons (Fsp3) is 0. The van der Waals surface area contributed by atoms with Gasteiger partial charge >= 0.3 is 0 Å². The molecule has 0 saturated carbocycles. The second kappa shape index (κ2) is 15.2. The molecule has 0 aliphatic rings. The number of benzene rings is 3. The predicted octanol–water partition coefficient (Wildman–Crippen LogP) is 11.3. The summed E-state index contributed by atoms with van der Waals surface area (Å²) in [6.45, 7) is 0. The maximum absolute atomic E-state index is 13.3. The van der Waals surface area contributed by atoms with Crippen molar-refractivity contribution in [3.05, 3.63) is 191 Å². The van der Waals surface area contributed by atoms with Crippen molar-refractivity contribution in [3.8, 4) is 43.1 Å². The van der Waals surface area contributed by atoms with E-state index >= 15 is 0 Å². The first-order valence-corrected chi connectivity index (χ1v) is 17.4. The first-order chi connectivity index (χ1) is 24.9. The second-order valence-corrected chi connectivity index (χ2v) is 13.3. The Morgan fingerprint density at radius 1 is 0.510 bits per heavy atom. The Bertz CT molecular complexity index is 2390. The summed E-state index contributed by atoms with van der Waals surface area (Å²) >= 11 is 2.79. The third-order valence-corrected chi connectivity index (χ3v) is 10.3. The minimum Gasteiger partial charge on any atom is -0.461 e. The lowest BCUT2D eigenvalue weighted by Gasteiger charge is -2.04. The zero-order valence-corrected chi connectivity index (χ0v) is 28.3. The highest BCUT2D eigenvalue weighted by atomic mass is 32.1. The molecule has 0 saturated heterocycles. The van der Waals surface area contributed by atoms with Crippen LogP contribution in [0.4, 0.5) is 8.78 Å². The number of hydrogen-bond donors (Lipinski definition) is 0. The summed E-state index contributed by atoms with van der Waals surface area (Å²) in [6, 6.07) is 36.5. The topological polar surface area (TPSA) is 73.1 Å². The fourth-order valence-electron chi connectivity index (χ4n) is 5.39. The van der Waals surface area contributed by atoms with E-state index in [2.05, 4.69) is 9.97 Å². The van der Waals surface area contributed by atoms with Crippen LogP contribution >= 0.6 is 22.7 Å². The van der Waals surface area contributed by atoms with E-state index in [1.54, 1.807) is 61.2 Å². The van der Waals surface area contributed by atoms with E-state index in [1.165, 1.54) is 53.2 Å². The molecule has 5 nitrogen and oxygen atoms in total. The van der Waals surface area contributed by atoms with Crippen molar-refractivity contribution in [1.29, 1.82) is 0 Å². The van der Waals surface area contributed by atoms with Gasteiger partial charge in [-0.3, -0.25) is 19.6 Å². The molecule has 3 aromatic carbocycles. The Hall–Kier alpha value is -6.16. The SMILES string of the molecule is O=C(c1ccccc1)c1cc(-c2ccncc2)c(-c2ccc(F)cc2)s1.O=C(c1ccco1)c1cc(-c2ccncc2)c(-c2ccc(F)cc2)s1. The molecule has 8 rings (SSSR count). The van der Waals surface area contributed by atoms with Crippen molar-refractivity contribution in [3.63, 3.8) is 0 Å². The van der Waals surface area contributed by atoms with Gasteiger partial charge in [-0.2, -0.15) is 0 Å². The van der Waals surface area contributed by atoms with Crippen LogP contribution in [0, 0.1) is 11.6 Å². The first kappa shape index (κ1) is 33.3. The van der Waals surface area contributed by atoms with E-state index in [0.717, 1.165) is 43.1 Å². The summed E-state index contributed by atoms with van der Waals surface area (Å²) in [5.74, 6) is -0.458. The van der Waals surface area contributed by atoms with Crippen LogP contribution in [-0.2, 0) is 0 Å². The van der Waals surface area contributed by atoms with Gasteiger partial charge in [0.1, 0.15) is 11.6 Å². The van der Waals surface area contributed by atoms with Crippen molar-refractivity contribution in [2.75, 3.05) is 0 Å². The maximum Gasteiger partial charge on any atom is 0.238 e. The third kappa shape index (κ3) is 7.55. The van der Waals surface area contributed by atoms with Gasteiger partial charge in [-0.25, -0.2) is 8.78 Å². The van der Waals surface area contributed by atoms with E-state index in [4.69, 9.17) is 4.42 Å². The number of carbonyl (C=O) groups excluding carboxylic acids is 2. The Morgan fingerprint density at radius 2 is 0.980 bits per heavy atom. The molecular weight excluding hydrogens is 683 g/mol. The van der Waals surface area contributed by atoms with Crippen LogP contribution in [-0.4, -0.2) is 21.5 Å². The van der Waals surface area contributed by atoms with Crippen LogP contribution in [0.15, 0.2) is 163 Å². The molecule has 0 aliphatic heterocycles. The molecule has 5 heterocycles. The average molecular weight is 709 g/mol. The number of hydrogen-bond acceptors (Lipinski definition) is 7. The van der Waals surface area contributed by atoms with E-state index in [-0.39, 0.29) is 23.2 Å². The van der Waals surface area contributed by atoms with Gasteiger partial charge in [0.05, 0.1) is 16.0 Å². The normalized spacial score (nSPS) is 10.7. The molecule has 5 aromatic heterocycles. The Labute approximate surface area is 300 Å². The molecule has 8 aromatic rings. The molecule has 0 unspecified atom stereocenters. The molecule has 0 radical (unpaired) electrons. The highest BCUT2D eigenvalue weighted by molar-refractivity contribution is 7.18. The highest BCUT2D eigenvalue weighted by Gasteiger charge is 2.21. The summed E-state index contributed by atoms with van der Waals surface area (Å²) in [4.78, 5) is 36.7. The van der Waals surface area contributed by atoms with Crippen LogP contribution in [0.2, 0.25) is 0 Å². The number of thiophene rings is 2. The molecule has 248 valence electrons. The lowest BCUT2D eigenvalue weighted by molar-refractivity contribution is 0.101. The lowest BCUT2D eigenvalue weighted by Crippen LogP contribution is -1.97. The molecular formula is C42H26F2N2O3S2. The van der Waals surface area contributed by atoms with Crippen LogP contribution in [0.25, 0.3) is 43.1 Å². The summed E-state index contributed by atoms with van der Waals surface area (Å²) in [5.41, 5.74) is 6.18. The van der Waals surface area contributed by atoms with E-state index in [1.807, 2.05) is 66.7 Å². The number of carbonyl (C=O) groups is 2. The van der Waals surface area contributed by atoms with Gasteiger partial charge in [0.15, 0.2) is 5.76 Å². The van der Waals surface area contributed by atoms with Gasteiger partial charge < -0.3 is 4.42 Å². The van der Waals surface area contributed by atoms with E-state index in [0.29, 0.717) is 21.1 Å². The Kier molecular flexibility index (Phi) is 9.91.